The number of hydrogen-bond donors (Lipinski definition) is 7. The van der Waals surface area contributed by atoms with Gasteiger partial charge in [0.05, 0.1) is 13.2 Å². The molecule has 0 saturated carbocycles. The van der Waals surface area contributed by atoms with E-state index in [1.165, 1.54) is 6.92 Å². The molecule has 0 radical (unpaired) electrons. The Kier molecular flexibility index (Phi) is 10.4. The van der Waals surface area contributed by atoms with Crippen molar-refractivity contribution in [1.82, 2.24) is 16.0 Å². The molecule has 150 valence electrons. The van der Waals surface area contributed by atoms with Gasteiger partial charge in [-0.3, -0.25) is 14.4 Å². The van der Waals surface area contributed by atoms with E-state index in [-0.39, 0.29) is 12.3 Å². The molecule has 0 fully saturated rings. The highest BCUT2D eigenvalue weighted by molar-refractivity contribution is 5.93. The molecule has 0 spiro atoms. The summed E-state index contributed by atoms with van der Waals surface area (Å²) in [5.41, 5.74) is 5.31. The molecule has 0 aliphatic rings. The van der Waals surface area contributed by atoms with Crippen molar-refractivity contribution in [3.05, 3.63) is 0 Å². The minimum absolute atomic E-state index is 0.00420. The van der Waals surface area contributed by atoms with Crippen LogP contribution in [0.2, 0.25) is 0 Å². The van der Waals surface area contributed by atoms with Crippen LogP contribution in [0, 0.1) is 5.92 Å². The normalized spacial score (nSPS) is 15.5. The monoisotopic (exact) mass is 376 g/mol. The van der Waals surface area contributed by atoms with E-state index in [4.69, 9.17) is 15.9 Å². The highest BCUT2D eigenvalue weighted by Gasteiger charge is 2.28. The predicted molar refractivity (Wildman–Crippen MR) is 90.7 cm³/mol. The van der Waals surface area contributed by atoms with Gasteiger partial charge >= 0.3 is 5.97 Å². The van der Waals surface area contributed by atoms with E-state index < -0.39 is 61.1 Å². The fraction of sp³-hybridized carbons (Fsp3) is 0.733. The second kappa shape index (κ2) is 11.4. The van der Waals surface area contributed by atoms with Crippen molar-refractivity contribution in [1.29, 1.82) is 0 Å². The largest absolute Gasteiger partial charge is 0.480 e. The maximum absolute atomic E-state index is 12.1. The van der Waals surface area contributed by atoms with Gasteiger partial charge in [-0.05, 0) is 19.3 Å². The molecule has 0 aromatic carbocycles. The van der Waals surface area contributed by atoms with Crippen molar-refractivity contribution in [2.45, 2.75) is 51.4 Å². The molecule has 0 saturated heterocycles. The standard InChI is InChI=1S/C15H28N4O7/c1-7(2)4-10(15(25)26)18-14(24)11(6-21)19-12(22)8(3)17-13(23)9(16)5-20/h7-11,20-21H,4-6,16H2,1-3H3,(H,17,23)(H,18,24)(H,19,22)(H,25,26). The highest BCUT2D eigenvalue weighted by Crippen LogP contribution is 2.05. The summed E-state index contributed by atoms with van der Waals surface area (Å²) < 4.78 is 0. The van der Waals surface area contributed by atoms with Gasteiger partial charge in [-0.25, -0.2) is 4.79 Å². The number of aliphatic carboxylic acids is 1. The molecular weight excluding hydrogens is 348 g/mol. The number of aliphatic hydroxyl groups is 2. The first-order valence-corrected chi connectivity index (χ1v) is 8.14. The van der Waals surface area contributed by atoms with E-state index in [1.54, 1.807) is 13.8 Å². The van der Waals surface area contributed by atoms with Crippen molar-refractivity contribution in [3.8, 4) is 0 Å². The van der Waals surface area contributed by atoms with Crippen molar-refractivity contribution in [2.24, 2.45) is 11.7 Å². The van der Waals surface area contributed by atoms with Gasteiger partial charge in [-0.15, -0.1) is 0 Å². The third kappa shape index (κ3) is 8.23. The summed E-state index contributed by atoms with van der Waals surface area (Å²) in [7, 11) is 0. The van der Waals surface area contributed by atoms with E-state index in [0.717, 1.165) is 0 Å². The van der Waals surface area contributed by atoms with Crippen molar-refractivity contribution in [3.63, 3.8) is 0 Å². The van der Waals surface area contributed by atoms with Crippen LogP contribution in [0.15, 0.2) is 0 Å². The lowest BCUT2D eigenvalue weighted by Gasteiger charge is -2.23. The molecule has 0 aromatic rings. The van der Waals surface area contributed by atoms with Gasteiger partial charge in [-0.2, -0.15) is 0 Å². The lowest BCUT2D eigenvalue weighted by atomic mass is 10.0. The van der Waals surface area contributed by atoms with Crippen LogP contribution < -0.4 is 21.7 Å². The number of carbonyl (C=O) groups excluding carboxylic acids is 3. The van der Waals surface area contributed by atoms with Crippen molar-refractivity contribution in [2.75, 3.05) is 13.2 Å². The Hall–Kier alpha value is -2.24. The highest BCUT2D eigenvalue weighted by atomic mass is 16.4. The van der Waals surface area contributed by atoms with Crippen LogP contribution in [0.1, 0.15) is 27.2 Å². The number of amides is 3. The summed E-state index contributed by atoms with van der Waals surface area (Å²) in [6.07, 6.45) is 0.179. The number of nitrogens with two attached hydrogens (primary N) is 1. The molecule has 0 bridgehead atoms. The molecule has 11 heteroatoms. The molecule has 4 unspecified atom stereocenters. The van der Waals surface area contributed by atoms with E-state index in [1.807, 2.05) is 0 Å². The predicted octanol–water partition coefficient (Wildman–Crippen LogP) is -3.10. The lowest BCUT2D eigenvalue weighted by molar-refractivity contribution is -0.143. The smallest absolute Gasteiger partial charge is 0.326 e. The first-order chi connectivity index (χ1) is 12.0. The van der Waals surface area contributed by atoms with Gasteiger partial charge in [-0.1, -0.05) is 13.8 Å². The molecule has 4 atom stereocenters. The molecule has 8 N–H and O–H groups in total. The van der Waals surface area contributed by atoms with Crippen LogP contribution in [0.3, 0.4) is 0 Å². The second-order valence-electron chi connectivity index (χ2n) is 6.29. The first kappa shape index (κ1) is 23.8. The average Bonchev–Trinajstić information content (AvgIpc) is 2.56. The molecule has 0 aromatic heterocycles. The fourth-order valence-electron chi connectivity index (χ4n) is 1.92. The number of carbonyl (C=O) groups is 4. The number of hydrogen-bond acceptors (Lipinski definition) is 7. The summed E-state index contributed by atoms with van der Waals surface area (Å²) >= 11 is 0. The Balaban J connectivity index is 4.80. The summed E-state index contributed by atoms with van der Waals surface area (Å²) in [6.45, 7) is 3.53. The number of aliphatic hydroxyl groups excluding tert-OH is 2. The van der Waals surface area contributed by atoms with Gasteiger partial charge in [0.2, 0.25) is 17.7 Å². The topological polar surface area (TPSA) is 191 Å². The molecule has 0 aliphatic carbocycles. The Labute approximate surface area is 151 Å². The van der Waals surface area contributed by atoms with Crippen LogP contribution in [0.4, 0.5) is 0 Å². The zero-order valence-electron chi connectivity index (χ0n) is 15.1. The maximum atomic E-state index is 12.1. The lowest BCUT2D eigenvalue weighted by Crippen LogP contribution is -2.57. The summed E-state index contributed by atoms with van der Waals surface area (Å²) in [5, 5.41) is 33.9. The number of carboxylic acid groups (broad SMARTS) is 1. The summed E-state index contributed by atoms with van der Waals surface area (Å²) in [6, 6.07) is -4.84. The van der Waals surface area contributed by atoms with E-state index in [0.29, 0.717) is 0 Å². The Morgan fingerprint density at radius 3 is 1.81 bits per heavy atom. The zero-order valence-corrected chi connectivity index (χ0v) is 15.1. The number of rotatable bonds is 11. The van der Waals surface area contributed by atoms with E-state index in [2.05, 4.69) is 16.0 Å². The number of nitrogens with one attached hydrogen (secondary N) is 3. The van der Waals surface area contributed by atoms with Gasteiger partial charge in [0.15, 0.2) is 0 Å². The minimum atomic E-state index is -1.39. The Morgan fingerprint density at radius 1 is 0.846 bits per heavy atom. The summed E-state index contributed by atoms with van der Waals surface area (Å²) in [5.74, 6) is -3.63. The molecule has 26 heavy (non-hydrogen) atoms. The van der Waals surface area contributed by atoms with Crippen molar-refractivity contribution < 1.29 is 34.5 Å². The summed E-state index contributed by atoms with van der Waals surface area (Å²) in [4.78, 5) is 46.9. The molecule has 0 heterocycles. The first-order valence-electron chi connectivity index (χ1n) is 8.14. The van der Waals surface area contributed by atoms with Gasteiger partial charge in [0.1, 0.15) is 24.2 Å². The van der Waals surface area contributed by atoms with Gasteiger partial charge < -0.3 is 37.0 Å². The van der Waals surface area contributed by atoms with Crippen LogP contribution >= 0.6 is 0 Å². The fourth-order valence-corrected chi connectivity index (χ4v) is 1.92. The van der Waals surface area contributed by atoms with Crippen LogP contribution in [-0.4, -0.2) is 76.4 Å². The molecule has 0 rings (SSSR count). The minimum Gasteiger partial charge on any atom is -0.480 e. The Morgan fingerprint density at radius 2 is 1.38 bits per heavy atom. The molecule has 3 amide bonds. The quantitative estimate of drug-likeness (QED) is 0.197. The zero-order chi connectivity index (χ0) is 20.4. The average molecular weight is 376 g/mol. The van der Waals surface area contributed by atoms with Gasteiger partial charge in [0, 0.05) is 0 Å². The molecular formula is C15H28N4O7. The van der Waals surface area contributed by atoms with Gasteiger partial charge in [0.25, 0.3) is 0 Å². The second-order valence-corrected chi connectivity index (χ2v) is 6.29. The van der Waals surface area contributed by atoms with E-state index >= 15 is 0 Å². The third-order valence-corrected chi connectivity index (χ3v) is 3.42. The SMILES string of the molecule is CC(C)CC(NC(=O)C(CO)NC(=O)C(C)NC(=O)C(N)CO)C(=O)O. The third-order valence-electron chi connectivity index (χ3n) is 3.42. The molecule has 0 aliphatic heterocycles. The van der Waals surface area contributed by atoms with Crippen LogP contribution in [-0.2, 0) is 19.2 Å². The molecule has 11 nitrogen and oxygen atoms in total. The van der Waals surface area contributed by atoms with Crippen molar-refractivity contribution >= 4 is 23.7 Å². The maximum Gasteiger partial charge on any atom is 0.326 e. The van der Waals surface area contributed by atoms with E-state index in [9.17, 15) is 24.3 Å². The van der Waals surface area contributed by atoms with Crippen LogP contribution in [0.5, 0.6) is 0 Å². The Bertz CT molecular complexity index is 512. The van der Waals surface area contributed by atoms with Crippen LogP contribution in [0.25, 0.3) is 0 Å². The number of carboxylic acids is 1.